The van der Waals surface area contributed by atoms with E-state index in [1.54, 1.807) is 6.92 Å². The summed E-state index contributed by atoms with van der Waals surface area (Å²) >= 11 is 0. The van der Waals surface area contributed by atoms with Crippen LogP contribution in [0.2, 0.25) is 0 Å². The molecule has 0 unspecified atom stereocenters. The predicted octanol–water partition coefficient (Wildman–Crippen LogP) is -1.14. The predicted molar refractivity (Wildman–Crippen MR) is 91.7 cm³/mol. The van der Waals surface area contributed by atoms with E-state index in [2.05, 4.69) is 6.58 Å². The second-order valence-electron chi connectivity index (χ2n) is 2.90. The van der Waals surface area contributed by atoms with Crippen molar-refractivity contribution in [3.05, 3.63) is 12.7 Å². The summed E-state index contributed by atoms with van der Waals surface area (Å²) in [6.45, 7) is 10.6. The summed E-state index contributed by atoms with van der Waals surface area (Å²) in [5.74, 6) is 0. The molecule has 0 rings (SSSR count). The Morgan fingerprint density at radius 1 is 1.17 bits per heavy atom. The molecule has 0 saturated carbocycles. The van der Waals surface area contributed by atoms with Crippen molar-refractivity contribution in [1.29, 1.82) is 5.41 Å². The number of nitrogens with one attached hydrogen (secondary N) is 1. The maximum atomic E-state index is 8.25. The second kappa shape index (κ2) is 49.6. The van der Waals surface area contributed by atoms with E-state index in [4.69, 9.17) is 51.0 Å². The average molecular weight is 364 g/mol. The Balaban J connectivity index is -0.0000000389. The third-order valence-corrected chi connectivity index (χ3v) is 0.827. The van der Waals surface area contributed by atoms with E-state index in [1.807, 2.05) is 13.7 Å². The zero-order valence-corrected chi connectivity index (χ0v) is 14.8. The Kier molecular flexibility index (Phi) is 82.1. The molecule has 144 valence electrons. The van der Waals surface area contributed by atoms with E-state index in [9.17, 15) is 0 Å². The van der Waals surface area contributed by atoms with E-state index in [0.29, 0.717) is 0 Å². The molecule has 0 saturated heterocycles. The quantitative estimate of drug-likeness (QED) is 0.128. The Hall–Kier alpha value is -0.810. The van der Waals surface area contributed by atoms with Crippen LogP contribution in [-0.4, -0.2) is 73.7 Å². The minimum Gasteiger partial charge on any atom is -0.397 e. The largest absolute Gasteiger partial charge is 0.397 e. The molecule has 0 radical (unpaired) electrons. The first kappa shape index (κ1) is 38.0. The van der Waals surface area contributed by atoms with Gasteiger partial charge in [0.2, 0.25) is 0 Å². The highest BCUT2D eigenvalue weighted by molar-refractivity contribution is 7.38. The molecule has 0 heterocycles. The molecule has 0 aliphatic rings. The Morgan fingerprint density at radius 3 is 1.30 bits per heavy atom. The van der Waals surface area contributed by atoms with Gasteiger partial charge in [-0.2, -0.15) is 0 Å². The summed E-state index contributed by atoms with van der Waals surface area (Å²) in [4.78, 5) is 29.7. The van der Waals surface area contributed by atoms with E-state index in [1.165, 1.54) is 19.2 Å². The fourth-order valence-corrected chi connectivity index (χ4v) is 0. The second-order valence-corrected chi connectivity index (χ2v) is 3.44. The lowest BCUT2D eigenvalue weighted by Gasteiger charge is -2.03. The fraction of sp³-hybridized carbons (Fsp3) is 0.667. The lowest BCUT2D eigenvalue weighted by atomic mass is 10.4. The van der Waals surface area contributed by atoms with Crippen LogP contribution in [0.15, 0.2) is 12.7 Å². The summed E-state index contributed by atoms with van der Waals surface area (Å²) in [6.07, 6.45) is 1.76. The number of carbonyl (C=O) groups excluding carboxylic acids is 1. The Labute approximate surface area is 139 Å². The van der Waals surface area contributed by atoms with E-state index >= 15 is 0 Å². The van der Waals surface area contributed by atoms with Crippen molar-refractivity contribution < 1.29 is 39.9 Å². The molecule has 23 heavy (non-hydrogen) atoms. The molecule has 0 aromatic carbocycles. The van der Waals surface area contributed by atoms with Crippen LogP contribution < -0.4 is 5.73 Å². The Morgan fingerprint density at radius 2 is 1.30 bits per heavy atom. The van der Waals surface area contributed by atoms with E-state index in [-0.39, 0.29) is 13.2 Å². The van der Waals surface area contributed by atoms with Gasteiger partial charge in [0.05, 0.1) is 12.7 Å². The lowest BCUT2D eigenvalue weighted by molar-refractivity contribution is -0.0980. The van der Waals surface area contributed by atoms with Crippen LogP contribution in [0.5, 0.6) is 0 Å². The van der Waals surface area contributed by atoms with Gasteiger partial charge in [0.15, 0.2) is 0 Å². The molecule has 11 heteroatoms. The maximum Gasteiger partial charge on any atom is 0.324 e. The number of rotatable bonds is 3. The van der Waals surface area contributed by atoms with Crippen LogP contribution in [-0.2, 0) is 4.79 Å². The third-order valence-electron chi connectivity index (χ3n) is 0.827. The van der Waals surface area contributed by atoms with E-state index in [0.717, 1.165) is 6.42 Å². The molecule has 0 fully saturated rings. The van der Waals surface area contributed by atoms with Crippen LogP contribution in [0.25, 0.3) is 0 Å². The minimum atomic E-state index is -2.62. The van der Waals surface area contributed by atoms with Crippen LogP contribution in [0.3, 0.4) is 0 Å². The van der Waals surface area contributed by atoms with Crippen molar-refractivity contribution >= 4 is 21.6 Å². The number of hydrogen-bond acceptors (Lipinski definition) is 10. The number of aliphatic hydroxyl groups excluding tert-OH is 4. The summed E-state index contributed by atoms with van der Waals surface area (Å²) in [7, 11) is -2.62. The summed E-state index contributed by atoms with van der Waals surface area (Å²) in [6, 6.07) is 0. The van der Waals surface area contributed by atoms with Gasteiger partial charge in [-0.3, -0.25) is 0 Å². The molecular formula is C12H33N2O8P. The molecule has 0 aliphatic carbocycles. The van der Waals surface area contributed by atoms with Gasteiger partial charge in [-0.15, -0.1) is 6.58 Å². The van der Waals surface area contributed by atoms with Crippen molar-refractivity contribution in [2.24, 2.45) is 5.73 Å². The van der Waals surface area contributed by atoms with Crippen molar-refractivity contribution in [2.45, 2.75) is 39.5 Å². The van der Waals surface area contributed by atoms with Crippen LogP contribution >= 0.6 is 8.60 Å². The molecule has 0 amide bonds. The van der Waals surface area contributed by atoms with Crippen LogP contribution in [0.1, 0.15) is 27.2 Å². The summed E-state index contributed by atoms with van der Waals surface area (Å²) < 4.78 is 0. The van der Waals surface area contributed by atoms with Gasteiger partial charge in [-0.05, 0) is 26.5 Å². The standard InChI is InChI=1S/C3H9NO2.C3H7N.C3H6O.C2H6O.CH2O.H3O3P/c1-2(5)3(4)6;2*1-2-3-4;1-2-3;1-2;1-4(2)3/h2-3,5-6H,4H2,1H3;3-4H,2H2,1H3;2,4H,1,3H2;3H,2H2,1H3;1H2;1-3H/t2-,3+;;;;;/m0...../s1. The molecular weight excluding hydrogens is 331 g/mol. The molecule has 2 atom stereocenters. The summed E-state index contributed by atoms with van der Waals surface area (Å²) in [5.41, 5.74) is 4.74. The van der Waals surface area contributed by atoms with Gasteiger partial charge in [0.1, 0.15) is 13.0 Å². The van der Waals surface area contributed by atoms with Gasteiger partial charge < -0.3 is 51.0 Å². The number of hydrogen-bond donors (Lipinski definition) is 9. The number of carbonyl (C=O) groups is 1. The lowest BCUT2D eigenvalue weighted by Crippen LogP contribution is -2.31. The molecule has 10 nitrogen and oxygen atoms in total. The highest BCUT2D eigenvalue weighted by Gasteiger charge is 2.00. The molecule has 0 aliphatic heterocycles. The normalized spacial score (nSPS) is 9.91. The molecule has 0 spiro atoms. The van der Waals surface area contributed by atoms with Crippen molar-refractivity contribution in [1.82, 2.24) is 0 Å². The topological polar surface area (TPSA) is 209 Å². The van der Waals surface area contributed by atoms with Crippen LogP contribution in [0, 0.1) is 5.41 Å². The number of aliphatic hydroxyl groups is 4. The Bertz CT molecular complexity index is 170. The van der Waals surface area contributed by atoms with Crippen LogP contribution in [0.4, 0.5) is 0 Å². The van der Waals surface area contributed by atoms with E-state index < -0.39 is 20.9 Å². The first-order chi connectivity index (χ1) is 10.6. The smallest absolute Gasteiger partial charge is 0.324 e. The maximum absolute atomic E-state index is 8.25. The average Bonchev–Trinajstić information content (AvgIpc) is 2.50. The first-order valence-corrected chi connectivity index (χ1v) is 7.41. The highest BCUT2D eigenvalue weighted by Crippen LogP contribution is 2.11. The molecule has 10 N–H and O–H groups in total. The van der Waals surface area contributed by atoms with Crippen molar-refractivity contribution in [3.63, 3.8) is 0 Å². The number of nitrogens with two attached hydrogens (primary N) is 1. The zero-order chi connectivity index (χ0) is 20.3. The SMILES string of the molecule is C=CCO.C=O.CCC=N.CCO.C[C@H](O)[C@H](N)O.OP(O)O. The van der Waals surface area contributed by atoms with Gasteiger partial charge in [-0.1, -0.05) is 13.0 Å². The van der Waals surface area contributed by atoms with Gasteiger partial charge in [0, 0.05) is 6.61 Å². The minimum absolute atomic E-state index is 0.0833. The molecule has 0 bridgehead atoms. The zero-order valence-electron chi connectivity index (χ0n) is 13.9. The molecule has 0 aromatic heterocycles. The van der Waals surface area contributed by atoms with Gasteiger partial charge in [-0.25, -0.2) is 0 Å². The van der Waals surface area contributed by atoms with Gasteiger partial charge >= 0.3 is 8.60 Å². The fourth-order valence-electron chi connectivity index (χ4n) is 0. The highest BCUT2D eigenvalue weighted by atomic mass is 31.2. The summed E-state index contributed by atoms with van der Waals surface area (Å²) in [5, 5.41) is 38.1. The molecule has 0 aromatic rings. The van der Waals surface area contributed by atoms with Gasteiger partial charge in [0.25, 0.3) is 0 Å². The third kappa shape index (κ3) is 290. The monoisotopic (exact) mass is 364 g/mol. The first-order valence-electron chi connectivity index (χ1n) is 6.21. The van der Waals surface area contributed by atoms with Crippen molar-refractivity contribution in [2.75, 3.05) is 13.2 Å². The van der Waals surface area contributed by atoms with Crippen molar-refractivity contribution in [3.8, 4) is 0 Å².